The van der Waals surface area contributed by atoms with Gasteiger partial charge < -0.3 is 20.8 Å². The number of anilines is 1. The molecular weight excluding hydrogens is 390 g/mol. The van der Waals surface area contributed by atoms with Crippen LogP contribution in [0.25, 0.3) is 27.7 Å². The first-order valence-electron chi connectivity index (χ1n) is 10.7. The Kier molecular flexibility index (Phi) is 7.72. The van der Waals surface area contributed by atoms with E-state index in [2.05, 4.69) is 46.9 Å². The van der Waals surface area contributed by atoms with Crippen LogP contribution in [0.4, 0.5) is 5.82 Å². The van der Waals surface area contributed by atoms with Crippen molar-refractivity contribution in [1.29, 1.82) is 5.41 Å². The Morgan fingerprint density at radius 1 is 1.39 bits per heavy atom. The molecule has 3 aromatic heterocycles. The largest absolute Gasteiger partial charge is 0.397 e. The molecule has 1 atom stereocenters. The monoisotopic (exact) mass is 421 g/mol. The maximum atomic E-state index is 7.31. The van der Waals surface area contributed by atoms with Crippen LogP contribution in [0.2, 0.25) is 0 Å². The molecule has 1 saturated heterocycles. The van der Waals surface area contributed by atoms with Crippen molar-refractivity contribution in [2.24, 2.45) is 5.73 Å². The fourth-order valence-electron chi connectivity index (χ4n) is 3.37. The molecule has 0 aromatic carbocycles. The van der Waals surface area contributed by atoms with E-state index in [-0.39, 0.29) is 6.04 Å². The molecule has 31 heavy (non-hydrogen) atoms. The molecule has 0 bridgehead atoms. The van der Waals surface area contributed by atoms with Gasteiger partial charge in [0.25, 0.3) is 0 Å². The number of aromatic amines is 1. The van der Waals surface area contributed by atoms with Crippen LogP contribution in [0.15, 0.2) is 36.8 Å². The Bertz CT molecular complexity index is 1030. The molecule has 3 aromatic rings. The lowest BCUT2D eigenvalue weighted by Crippen LogP contribution is -2.44. The van der Waals surface area contributed by atoms with Gasteiger partial charge in [0.1, 0.15) is 17.0 Å². The van der Waals surface area contributed by atoms with E-state index in [0.29, 0.717) is 30.1 Å². The van der Waals surface area contributed by atoms with Crippen molar-refractivity contribution in [1.82, 2.24) is 20.2 Å². The highest BCUT2D eigenvalue weighted by atomic mass is 16.5. The van der Waals surface area contributed by atoms with Gasteiger partial charge in [0.15, 0.2) is 0 Å². The minimum atomic E-state index is 0.218. The molecule has 1 aliphatic heterocycles. The highest BCUT2D eigenvalue weighted by Crippen LogP contribution is 2.33. The summed E-state index contributed by atoms with van der Waals surface area (Å²) in [5, 5.41) is 15.2. The minimum absolute atomic E-state index is 0.218. The summed E-state index contributed by atoms with van der Waals surface area (Å²) in [6.45, 7) is 8.58. The standard InChI is InChI=1S/C19H21N7O.C4H10/c1-12-11-27-7-6-26(12)17-8-15(13-9-23-24-10-13)14-3-5-22-19(18(14)25-17)16(21)2-4-20;1-3-4-2/h2-5,8-10,12,20H,6-7,11,21H2,1H3,(H,23,24);3-4H2,1-2H3/b16-2-,20-4?;. The number of morpholine rings is 1. The Morgan fingerprint density at radius 3 is 2.84 bits per heavy atom. The summed E-state index contributed by atoms with van der Waals surface area (Å²) in [4.78, 5) is 11.6. The second-order valence-corrected chi connectivity index (χ2v) is 7.48. The number of nitrogens with zero attached hydrogens (tertiary/aromatic N) is 4. The highest BCUT2D eigenvalue weighted by Gasteiger charge is 2.23. The van der Waals surface area contributed by atoms with Crippen LogP contribution in [-0.4, -0.2) is 52.2 Å². The maximum absolute atomic E-state index is 7.31. The van der Waals surface area contributed by atoms with Crippen molar-refractivity contribution in [3.63, 3.8) is 0 Å². The van der Waals surface area contributed by atoms with Crippen molar-refractivity contribution in [2.75, 3.05) is 24.7 Å². The molecule has 0 radical (unpaired) electrons. The molecular formula is C23H31N7O. The fraction of sp³-hybridized carbons (Fsp3) is 0.391. The number of H-pyrrole nitrogens is 1. The summed E-state index contributed by atoms with van der Waals surface area (Å²) in [5.41, 5.74) is 9.82. The number of rotatable bonds is 5. The van der Waals surface area contributed by atoms with E-state index in [9.17, 15) is 0 Å². The van der Waals surface area contributed by atoms with Crippen LogP contribution >= 0.6 is 0 Å². The van der Waals surface area contributed by atoms with E-state index in [1.165, 1.54) is 18.9 Å². The number of aromatic nitrogens is 4. The second-order valence-electron chi connectivity index (χ2n) is 7.48. The third-order valence-corrected chi connectivity index (χ3v) is 5.22. The molecule has 4 heterocycles. The Labute approximate surface area is 183 Å². The van der Waals surface area contributed by atoms with Gasteiger partial charge in [-0.05, 0) is 30.7 Å². The molecule has 1 aliphatic rings. The third-order valence-electron chi connectivity index (χ3n) is 5.22. The van der Waals surface area contributed by atoms with Crippen molar-refractivity contribution in [3.05, 3.63) is 42.5 Å². The van der Waals surface area contributed by atoms with Gasteiger partial charge in [0.05, 0.1) is 31.1 Å². The van der Waals surface area contributed by atoms with Gasteiger partial charge in [-0.25, -0.2) is 4.98 Å². The van der Waals surface area contributed by atoms with E-state index in [1.807, 2.05) is 12.3 Å². The molecule has 0 aliphatic carbocycles. The van der Waals surface area contributed by atoms with Crippen molar-refractivity contribution in [2.45, 2.75) is 39.7 Å². The average molecular weight is 422 g/mol. The number of nitrogens with one attached hydrogen (secondary N) is 2. The summed E-state index contributed by atoms with van der Waals surface area (Å²) < 4.78 is 5.57. The first-order valence-corrected chi connectivity index (χ1v) is 10.7. The Morgan fingerprint density at radius 2 is 2.19 bits per heavy atom. The van der Waals surface area contributed by atoms with E-state index in [1.54, 1.807) is 12.4 Å². The quantitative estimate of drug-likeness (QED) is 0.536. The van der Waals surface area contributed by atoms with Crippen molar-refractivity contribution < 1.29 is 4.74 Å². The Hall–Kier alpha value is -3.26. The zero-order valence-corrected chi connectivity index (χ0v) is 18.4. The summed E-state index contributed by atoms with van der Waals surface area (Å²) in [6, 6.07) is 4.23. The van der Waals surface area contributed by atoms with Gasteiger partial charge in [-0.3, -0.25) is 10.1 Å². The number of hydrogen-bond donors (Lipinski definition) is 3. The molecule has 0 saturated carbocycles. The summed E-state index contributed by atoms with van der Waals surface area (Å²) in [5.74, 6) is 0.853. The lowest BCUT2D eigenvalue weighted by atomic mass is 10.0. The number of allylic oxidation sites excluding steroid dienone is 1. The molecule has 0 amide bonds. The summed E-state index contributed by atoms with van der Waals surface area (Å²) in [6.07, 6.45) is 10.7. The molecule has 4 rings (SSSR count). The number of fused-ring (bicyclic) bond motifs is 1. The number of pyridine rings is 2. The van der Waals surface area contributed by atoms with Crippen LogP contribution in [0.5, 0.6) is 0 Å². The zero-order valence-electron chi connectivity index (χ0n) is 18.4. The zero-order chi connectivity index (χ0) is 22.2. The molecule has 8 heteroatoms. The van der Waals surface area contributed by atoms with Crippen molar-refractivity contribution in [3.8, 4) is 11.1 Å². The third kappa shape index (κ3) is 5.08. The predicted molar refractivity (Wildman–Crippen MR) is 126 cm³/mol. The van der Waals surface area contributed by atoms with E-state index < -0.39 is 0 Å². The van der Waals surface area contributed by atoms with Gasteiger partial charge in [-0.2, -0.15) is 5.10 Å². The van der Waals surface area contributed by atoms with Gasteiger partial charge in [0.2, 0.25) is 0 Å². The van der Waals surface area contributed by atoms with E-state index in [4.69, 9.17) is 20.9 Å². The summed E-state index contributed by atoms with van der Waals surface area (Å²) in [7, 11) is 0. The first kappa shape index (κ1) is 22.4. The first-order chi connectivity index (χ1) is 15.1. The lowest BCUT2D eigenvalue weighted by molar-refractivity contribution is 0.0986. The summed E-state index contributed by atoms with van der Waals surface area (Å²) >= 11 is 0. The van der Waals surface area contributed by atoms with E-state index >= 15 is 0 Å². The molecule has 1 unspecified atom stereocenters. The molecule has 4 N–H and O–H groups in total. The molecule has 8 nitrogen and oxygen atoms in total. The number of hydrogen-bond acceptors (Lipinski definition) is 7. The minimum Gasteiger partial charge on any atom is -0.397 e. The second kappa shape index (κ2) is 10.7. The predicted octanol–water partition coefficient (Wildman–Crippen LogP) is 4.00. The van der Waals surface area contributed by atoms with E-state index in [0.717, 1.165) is 35.1 Å². The molecule has 1 fully saturated rings. The maximum Gasteiger partial charge on any atom is 0.130 e. The topological polar surface area (TPSA) is 117 Å². The van der Waals surface area contributed by atoms with Crippen LogP contribution in [0.1, 0.15) is 39.3 Å². The fourth-order valence-corrected chi connectivity index (χ4v) is 3.37. The molecule has 164 valence electrons. The van der Waals surface area contributed by atoms with Crippen LogP contribution in [0.3, 0.4) is 0 Å². The van der Waals surface area contributed by atoms with Crippen LogP contribution < -0.4 is 10.6 Å². The Balaban J connectivity index is 0.000000628. The molecule has 0 spiro atoms. The van der Waals surface area contributed by atoms with Crippen LogP contribution in [-0.2, 0) is 4.74 Å². The number of ether oxygens (including phenoxy) is 1. The SMILES string of the molecule is CC1COCCN1c1cc(-c2cn[nH]c2)c2ccnc(/C(N)=C/C=N)c2n1.CCCC. The van der Waals surface area contributed by atoms with Crippen LogP contribution in [0, 0.1) is 5.41 Å². The smallest absolute Gasteiger partial charge is 0.130 e. The van der Waals surface area contributed by atoms with Gasteiger partial charge in [-0.1, -0.05) is 26.7 Å². The van der Waals surface area contributed by atoms with Gasteiger partial charge >= 0.3 is 0 Å². The van der Waals surface area contributed by atoms with Gasteiger partial charge in [0, 0.05) is 36.1 Å². The highest BCUT2D eigenvalue weighted by molar-refractivity contribution is 6.01. The number of unbranched alkanes of at least 4 members (excludes halogenated alkanes) is 1. The van der Waals surface area contributed by atoms with Gasteiger partial charge in [-0.15, -0.1) is 0 Å². The number of nitrogens with two attached hydrogens (primary N) is 1. The average Bonchev–Trinajstić information content (AvgIpc) is 3.33. The van der Waals surface area contributed by atoms with Crippen molar-refractivity contribution >= 4 is 28.6 Å². The lowest BCUT2D eigenvalue weighted by Gasteiger charge is -2.34. The normalized spacial score (nSPS) is 16.7.